The van der Waals surface area contributed by atoms with Gasteiger partial charge in [0.25, 0.3) is 5.91 Å². The van der Waals surface area contributed by atoms with Crippen LogP contribution in [0.2, 0.25) is 0 Å². The summed E-state index contributed by atoms with van der Waals surface area (Å²) in [5, 5.41) is 15.5. The van der Waals surface area contributed by atoms with Crippen molar-refractivity contribution in [3.63, 3.8) is 0 Å². The Morgan fingerprint density at radius 1 is 1.08 bits per heavy atom. The third-order valence-corrected chi connectivity index (χ3v) is 7.16. The highest BCUT2D eigenvalue weighted by Gasteiger charge is 2.26. The summed E-state index contributed by atoms with van der Waals surface area (Å²) < 4.78 is 13.0. The molecule has 36 heavy (non-hydrogen) atoms. The van der Waals surface area contributed by atoms with Gasteiger partial charge >= 0.3 is 6.03 Å². The van der Waals surface area contributed by atoms with Crippen molar-refractivity contribution in [1.82, 2.24) is 25.4 Å². The van der Waals surface area contributed by atoms with E-state index in [0.29, 0.717) is 31.1 Å². The van der Waals surface area contributed by atoms with Crippen LogP contribution in [0.4, 0.5) is 15.0 Å². The fourth-order valence-corrected chi connectivity index (χ4v) is 5.10. The number of hydrogen-bond donors (Lipinski definition) is 3. The lowest BCUT2D eigenvalue weighted by Gasteiger charge is -2.30. The highest BCUT2D eigenvalue weighted by molar-refractivity contribution is 7.09. The molecule has 10 heteroatoms. The largest absolute Gasteiger partial charge is 0.347 e. The first kappa shape index (κ1) is 23.7. The number of urea groups is 1. The lowest BCUT2D eigenvalue weighted by atomic mass is 9.98. The molecule has 0 aliphatic carbocycles. The Balaban J connectivity index is 1.10. The first-order valence-electron chi connectivity index (χ1n) is 11.7. The molecule has 2 aromatic heterocycles. The molecule has 0 atom stereocenters. The lowest BCUT2D eigenvalue weighted by Crippen LogP contribution is -2.40. The molecule has 8 nitrogen and oxygen atoms in total. The maximum atomic E-state index is 13.0. The first-order valence-corrected chi connectivity index (χ1v) is 12.6. The highest BCUT2D eigenvalue weighted by atomic mass is 32.1. The molecule has 1 saturated heterocycles. The summed E-state index contributed by atoms with van der Waals surface area (Å²) in [6.07, 6.45) is 1.54. The molecule has 0 radical (unpaired) electrons. The fraction of sp³-hybridized carbons (Fsp3) is 0.231. The minimum atomic E-state index is -0.309. The van der Waals surface area contributed by atoms with Gasteiger partial charge in [-0.3, -0.25) is 15.2 Å². The zero-order valence-corrected chi connectivity index (χ0v) is 20.2. The summed E-state index contributed by atoms with van der Waals surface area (Å²) in [5.41, 5.74) is 3.03. The number of piperidine rings is 1. The van der Waals surface area contributed by atoms with Gasteiger partial charge in [-0.25, -0.2) is 14.2 Å². The highest BCUT2D eigenvalue weighted by Crippen LogP contribution is 2.30. The van der Waals surface area contributed by atoms with Gasteiger partial charge in [0.05, 0.1) is 10.7 Å². The van der Waals surface area contributed by atoms with Crippen LogP contribution in [-0.4, -0.2) is 45.1 Å². The number of thiazole rings is 1. The van der Waals surface area contributed by atoms with Crippen molar-refractivity contribution in [2.75, 3.05) is 18.4 Å². The number of nitrogens with one attached hydrogen (secondary N) is 3. The number of rotatable bonds is 6. The molecule has 1 fully saturated rings. The van der Waals surface area contributed by atoms with Gasteiger partial charge < -0.3 is 10.2 Å². The standard InChI is InChI=1S/C26H25FN6O2S/c27-20-8-6-17(7-9-20)15-28-24(34)22-16-36-25(29-22)19-10-12-33(13-11-19)26(35)30-23-14-21(31-32-23)18-4-2-1-3-5-18/h1-9,14,16,19H,10-13,15H2,(H,28,34)(H2,30,31,32,35). The van der Waals surface area contributed by atoms with Crippen molar-refractivity contribution >= 4 is 29.1 Å². The monoisotopic (exact) mass is 504 g/mol. The number of amides is 3. The number of aromatic nitrogens is 3. The minimum absolute atomic E-state index is 0.181. The Hall–Kier alpha value is -4.05. The van der Waals surface area contributed by atoms with Crippen LogP contribution in [0, 0.1) is 5.82 Å². The number of benzene rings is 2. The molecule has 0 spiro atoms. The number of halogens is 1. The molecule has 1 aliphatic rings. The normalized spacial score (nSPS) is 14.0. The maximum absolute atomic E-state index is 13.0. The Kier molecular flexibility index (Phi) is 7.03. The molecule has 3 heterocycles. The molecule has 1 aliphatic heterocycles. The Morgan fingerprint density at radius 2 is 1.83 bits per heavy atom. The molecular formula is C26H25FN6O2S. The number of H-pyrrole nitrogens is 1. The average molecular weight is 505 g/mol. The molecule has 2 aromatic carbocycles. The lowest BCUT2D eigenvalue weighted by molar-refractivity contribution is 0.0946. The SMILES string of the molecule is O=C(NCc1ccc(F)cc1)c1csc(C2CCN(C(=O)Nc3cc(-c4ccccc4)[nH]n3)CC2)n1. The number of aromatic amines is 1. The van der Waals surface area contributed by atoms with Crippen molar-refractivity contribution < 1.29 is 14.0 Å². The van der Waals surface area contributed by atoms with Gasteiger partial charge in [-0.2, -0.15) is 5.10 Å². The van der Waals surface area contributed by atoms with Crippen LogP contribution in [0.15, 0.2) is 66.0 Å². The molecular weight excluding hydrogens is 479 g/mol. The van der Waals surface area contributed by atoms with Crippen LogP contribution in [0.25, 0.3) is 11.3 Å². The third-order valence-electron chi connectivity index (χ3n) is 6.15. The van der Waals surface area contributed by atoms with E-state index in [1.165, 1.54) is 23.5 Å². The number of carbonyl (C=O) groups excluding carboxylic acids is 2. The van der Waals surface area contributed by atoms with Crippen molar-refractivity contribution in [3.05, 3.63) is 88.1 Å². The van der Waals surface area contributed by atoms with E-state index in [1.807, 2.05) is 36.4 Å². The van der Waals surface area contributed by atoms with E-state index in [9.17, 15) is 14.0 Å². The molecule has 0 saturated carbocycles. The zero-order valence-electron chi connectivity index (χ0n) is 19.4. The Morgan fingerprint density at radius 3 is 2.58 bits per heavy atom. The number of hydrogen-bond acceptors (Lipinski definition) is 5. The molecule has 4 aromatic rings. The number of carbonyl (C=O) groups is 2. The summed E-state index contributed by atoms with van der Waals surface area (Å²) >= 11 is 1.47. The van der Waals surface area contributed by atoms with E-state index < -0.39 is 0 Å². The van der Waals surface area contributed by atoms with Crippen LogP contribution in [0.3, 0.4) is 0 Å². The van der Waals surface area contributed by atoms with Crippen LogP contribution in [0.1, 0.15) is 39.8 Å². The van der Waals surface area contributed by atoms with Crippen LogP contribution < -0.4 is 10.6 Å². The van der Waals surface area contributed by atoms with Gasteiger partial charge in [0.15, 0.2) is 5.82 Å². The molecule has 3 amide bonds. The van der Waals surface area contributed by atoms with Crippen molar-refractivity contribution in [3.8, 4) is 11.3 Å². The van der Waals surface area contributed by atoms with E-state index in [4.69, 9.17) is 0 Å². The maximum Gasteiger partial charge on any atom is 0.323 e. The first-order chi connectivity index (χ1) is 17.5. The predicted molar refractivity (Wildman–Crippen MR) is 136 cm³/mol. The predicted octanol–water partition coefficient (Wildman–Crippen LogP) is 5.01. The van der Waals surface area contributed by atoms with Crippen molar-refractivity contribution in [2.24, 2.45) is 0 Å². The smallest absolute Gasteiger partial charge is 0.323 e. The number of nitrogens with zero attached hydrogens (tertiary/aromatic N) is 3. The van der Waals surface area contributed by atoms with Gasteiger partial charge in [-0.05, 0) is 36.1 Å². The molecule has 184 valence electrons. The fourth-order valence-electron chi connectivity index (χ4n) is 4.12. The van der Waals surface area contributed by atoms with Crippen LogP contribution in [0.5, 0.6) is 0 Å². The van der Waals surface area contributed by atoms with Crippen LogP contribution >= 0.6 is 11.3 Å². The molecule has 5 rings (SSSR count). The second-order valence-electron chi connectivity index (χ2n) is 8.60. The van der Waals surface area contributed by atoms with E-state index in [0.717, 1.165) is 34.7 Å². The van der Waals surface area contributed by atoms with E-state index in [-0.39, 0.29) is 23.7 Å². The minimum Gasteiger partial charge on any atom is -0.347 e. The van der Waals surface area contributed by atoms with Crippen molar-refractivity contribution in [1.29, 1.82) is 0 Å². The van der Waals surface area contributed by atoms with Crippen LogP contribution in [-0.2, 0) is 6.54 Å². The van der Waals surface area contributed by atoms with E-state index >= 15 is 0 Å². The van der Waals surface area contributed by atoms with E-state index in [1.54, 1.807) is 22.4 Å². The van der Waals surface area contributed by atoms with E-state index in [2.05, 4.69) is 25.8 Å². The van der Waals surface area contributed by atoms with Crippen molar-refractivity contribution in [2.45, 2.75) is 25.3 Å². The van der Waals surface area contributed by atoms with Gasteiger partial charge in [0.2, 0.25) is 0 Å². The molecule has 0 bridgehead atoms. The molecule has 3 N–H and O–H groups in total. The quantitative estimate of drug-likeness (QED) is 0.343. The topological polar surface area (TPSA) is 103 Å². The summed E-state index contributed by atoms with van der Waals surface area (Å²) in [4.78, 5) is 31.5. The van der Waals surface area contributed by atoms with Gasteiger partial charge in [-0.1, -0.05) is 42.5 Å². The second kappa shape index (κ2) is 10.7. The molecule has 0 unspecified atom stereocenters. The van der Waals surface area contributed by atoms with Gasteiger partial charge in [-0.15, -0.1) is 11.3 Å². The summed E-state index contributed by atoms with van der Waals surface area (Å²) in [7, 11) is 0. The Labute approximate surface area is 211 Å². The third kappa shape index (κ3) is 5.60. The van der Waals surface area contributed by atoms with Gasteiger partial charge in [0, 0.05) is 37.0 Å². The zero-order chi connectivity index (χ0) is 24.9. The summed E-state index contributed by atoms with van der Waals surface area (Å²) in [6.45, 7) is 1.50. The average Bonchev–Trinajstić information content (AvgIpc) is 3.59. The summed E-state index contributed by atoms with van der Waals surface area (Å²) in [5.74, 6) is 0.119. The number of likely N-dealkylation sites (tertiary alicyclic amines) is 1. The number of anilines is 1. The van der Waals surface area contributed by atoms with Gasteiger partial charge in [0.1, 0.15) is 11.5 Å². The summed E-state index contributed by atoms with van der Waals surface area (Å²) in [6, 6.07) is 17.4. The Bertz CT molecular complexity index is 1330. The second-order valence-corrected chi connectivity index (χ2v) is 9.49.